The summed E-state index contributed by atoms with van der Waals surface area (Å²) in [5.41, 5.74) is 0.386. The number of hydrogen-bond acceptors (Lipinski definition) is 4. The fraction of sp³-hybridized carbons (Fsp3) is 0.286. The molecule has 1 heterocycles. The second-order valence-electron chi connectivity index (χ2n) is 4.15. The maximum atomic E-state index is 12.4. The van der Waals surface area contributed by atoms with Gasteiger partial charge < -0.3 is 10.6 Å². The average molecular weight is 291 g/mol. The van der Waals surface area contributed by atoms with E-state index >= 15 is 0 Å². The van der Waals surface area contributed by atoms with Gasteiger partial charge in [0.05, 0.1) is 5.57 Å². The van der Waals surface area contributed by atoms with E-state index in [1.54, 1.807) is 6.92 Å². The largest absolute Gasteiger partial charge is 0.357 e. The molecule has 0 aromatic carbocycles. The van der Waals surface area contributed by atoms with E-state index in [2.05, 4.69) is 17.2 Å². The lowest BCUT2D eigenvalue weighted by molar-refractivity contribution is -0.145. The third kappa shape index (κ3) is 3.07. The molecule has 7 nitrogen and oxygen atoms in total. The standard InChI is InChI=1S/C14H17N3O4/c1-4-6-10-9(5-2)13(20)17(14(10)21)11(7-16-8-18)12(19)15-3/h4-6,8,11H,1,7H2,2-3H3,(H,15,19)(H,16,18)/b9-5+,10-6+. The van der Waals surface area contributed by atoms with Crippen molar-refractivity contribution in [2.45, 2.75) is 13.0 Å². The van der Waals surface area contributed by atoms with Crippen LogP contribution in [0, 0.1) is 0 Å². The molecule has 0 bridgehead atoms. The van der Waals surface area contributed by atoms with Crippen LogP contribution in [-0.2, 0) is 19.2 Å². The van der Waals surface area contributed by atoms with E-state index in [9.17, 15) is 19.2 Å². The number of nitrogens with zero attached hydrogens (tertiary/aromatic N) is 1. The zero-order chi connectivity index (χ0) is 16.0. The molecule has 0 saturated carbocycles. The van der Waals surface area contributed by atoms with Crippen molar-refractivity contribution in [1.82, 2.24) is 15.5 Å². The fourth-order valence-corrected chi connectivity index (χ4v) is 2.05. The summed E-state index contributed by atoms with van der Waals surface area (Å²) in [5, 5.41) is 4.69. The van der Waals surface area contributed by atoms with E-state index in [-0.39, 0.29) is 17.7 Å². The molecule has 0 radical (unpaired) electrons. The van der Waals surface area contributed by atoms with Crippen molar-refractivity contribution in [3.8, 4) is 0 Å². The Balaban J connectivity index is 3.25. The van der Waals surface area contributed by atoms with Gasteiger partial charge in [0.1, 0.15) is 6.04 Å². The molecule has 1 atom stereocenters. The fourth-order valence-electron chi connectivity index (χ4n) is 2.05. The first-order valence-electron chi connectivity index (χ1n) is 6.29. The van der Waals surface area contributed by atoms with Crippen molar-refractivity contribution in [3.05, 3.63) is 36.0 Å². The Morgan fingerprint density at radius 2 is 1.95 bits per heavy atom. The predicted molar refractivity (Wildman–Crippen MR) is 75.8 cm³/mol. The Morgan fingerprint density at radius 1 is 1.33 bits per heavy atom. The molecule has 4 amide bonds. The van der Waals surface area contributed by atoms with Gasteiger partial charge in [-0.2, -0.15) is 0 Å². The molecule has 1 saturated heterocycles. The highest BCUT2D eigenvalue weighted by molar-refractivity contribution is 6.26. The summed E-state index contributed by atoms with van der Waals surface area (Å²) in [6.45, 7) is 4.97. The molecule has 1 unspecified atom stereocenters. The zero-order valence-corrected chi connectivity index (χ0v) is 11.9. The van der Waals surface area contributed by atoms with Crippen LogP contribution < -0.4 is 10.6 Å². The number of likely N-dealkylation sites (N-methyl/N-ethyl adjacent to an activating group) is 1. The van der Waals surface area contributed by atoms with E-state index in [0.717, 1.165) is 4.90 Å². The van der Waals surface area contributed by atoms with E-state index in [4.69, 9.17) is 0 Å². The lowest BCUT2D eigenvalue weighted by Crippen LogP contribution is -2.53. The van der Waals surface area contributed by atoms with Gasteiger partial charge in [-0.15, -0.1) is 0 Å². The number of amides is 4. The first-order chi connectivity index (χ1) is 10.0. The van der Waals surface area contributed by atoms with Gasteiger partial charge >= 0.3 is 0 Å². The molecule has 1 fully saturated rings. The minimum Gasteiger partial charge on any atom is -0.357 e. The molecule has 0 spiro atoms. The van der Waals surface area contributed by atoms with Crippen molar-refractivity contribution in [2.75, 3.05) is 13.6 Å². The van der Waals surface area contributed by atoms with Crippen LogP contribution in [0.5, 0.6) is 0 Å². The maximum absolute atomic E-state index is 12.4. The molecule has 0 aromatic heterocycles. The van der Waals surface area contributed by atoms with E-state index in [0.29, 0.717) is 6.41 Å². The summed E-state index contributed by atoms with van der Waals surface area (Å²) < 4.78 is 0. The number of hydrogen-bond donors (Lipinski definition) is 2. The number of rotatable bonds is 6. The average Bonchev–Trinajstić information content (AvgIpc) is 2.71. The van der Waals surface area contributed by atoms with E-state index in [1.807, 2.05) is 0 Å². The summed E-state index contributed by atoms with van der Waals surface area (Å²) >= 11 is 0. The Labute approximate surface area is 122 Å². The minimum absolute atomic E-state index is 0.154. The summed E-state index contributed by atoms with van der Waals surface area (Å²) in [6.07, 6.45) is 4.72. The van der Waals surface area contributed by atoms with E-state index in [1.165, 1.54) is 25.3 Å². The van der Waals surface area contributed by atoms with Crippen LogP contribution in [0.3, 0.4) is 0 Å². The molecule has 0 aromatic rings. The van der Waals surface area contributed by atoms with Crippen molar-refractivity contribution in [2.24, 2.45) is 0 Å². The number of likely N-dealkylation sites (tertiary alicyclic amines) is 1. The quantitative estimate of drug-likeness (QED) is 0.383. The number of imide groups is 1. The lowest BCUT2D eigenvalue weighted by atomic mass is 10.1. The number of carbonyl (C=O) groups is 4. The Hall–Kier alpha value is -2.70. The SMILES string of the molecule is C=C/C=C1/C(=O)N(C(CNC=O)C(=O)NC)C(=O)/C1=C/C. The summed E-state index contributed by atoms with van der Waals surface area (Å²) in [4.78, 5) is 47.8. The third-order valence-electron chi connectivity index (χ3n) is 3.02. The van der Waals surface area contributed by atoms with Crippen molar-refractivity contribution < 1.29 is 19.2 Å². The van der Waals surface area contributed by atoms with Gasteiger partial charge in [-0.1, -0.05) is 18.7 Å². The van der Waals surface area contributed by atoms with Gasteiger partial charge in [-0.05, 0) is 13.0 Å². The molecule has 2 N–H and O–H groups in total. The van der Waals surface area contributed by atoms with E-state index < -0.39 is 23.8 Å². The van der Waals surface area contributed by atoms with Gasteiger partial charge in [0, 0.05) is 19.2 Å². The Kier molecular flexibility index (Phi) is 5.59. The topological polar surface area (TPSA) is 95.6 Å². The highest BCUT2D eigenvalue weighted by Gasteiger charge is 2.44. The number of nitrogens with one attached hydrogen (secondary N) is 2. The van der Waals surface area contributed by atoms with Crippen LogP contribution in [0.25, 0.3) is 0 Å². The van der Waals surface area contributed by atoms with Gasteiger partial charge in [0.2, 0.25) is 12.3 Å². The molecular formula is C14H17N3O4. The molecule has 1 aliphatic heterocycles. The van der Waals surface area contributed by atoms with Crippen LogP contribution in [0.2, 0.25) is 0 Å². The number of allylic oxidation sites excluding steroid dienone is 3. The molecule has 1 aliphatic rings. The van der Waals surface area contributed by atoms with Gasteiger partial charge in [-0.3, -0.25) is 24.1 Å². The summed E-state index contributed by atoms with van der Waals surface area (Å²) in [6, 6.07) is -1.11. The van der Waals surface area contributed by atoms with Crippen LogP contribution in [0.15, 0.2) is 36.0 Å². The number of carbonyl (C=O) groups excluding carboxylic acids is 4. The minimum atomic E-state index is -1.11. The first kappa shape index (κ1) is 16.4. The smallest absolute Gasteiger partial charge is 0.262 e. The van der Waals surface area contributed by atoms with Crippen molar-refractivity contribution in [1.29, 1.82) is 0 Å². The second kappa shape index (κ2) is 7.18. The monoisotopic (exact) mass is 291 g/mol. The lowest BCUT2D eigenvalue weighted by Gasteiger charge is -2.23. The predicted octanol–water partition coefficient (Wildman–Crippen LogP) is -0.725. The van der Waals surface area contributed by atoms with Gasteiger partial charge in [-0.25, -0.2) is 0 Å². The normalized spacial score (nSPS) is 19.8. The third-order valence-corrected chi connectivity index (χ3v) is 3.02. The highest BCUT2D eigenvalue weighted by atomic mass is 16.2. The summed E-state index contributed by atoms with van der Waals surface area (Å²) in [7, 11) is 1.39. The van der Waals surface area contributed by atoms with Crippen LogP contribution >= 0.6 is 0 Å². The van der Waals surface area contributed by atoms with Crippen LogP contribution in [0.1, 0.15) is 6.92 Å². The van der Waals surface area contributed by atoms with Gasteiger partial charge in [0.25, 0.3) is 11.8 Å². The Bertz CT molecular complexity index is 548. The molecular weight excluding hydrogens is 274 g/mol. The first-order valence-corrected chi connectivity index (χ1v) is 6.29. The maximum Gasteiger partial charge on any atom is 0.262 e. The zero-order valence-electron chi connectivity index (χ0n) is 11.9. The van der Waals surface area contributed by atoms with Gasteiger partial charge in [0.15, 0.2) is 0 Å². The van der Waals surface area contributed by atoms with Crippen molar-refractivity contribution in [3.63, 3.8) is 0 Å². The highest BCUT2D eigenvalue weighted by Crippen LogP contribution is 2.27. The van der Waals surface area contributed by atoms with Crippen LogP contribution in [0.4, 0.5) is 0 Å². The summed E-state index contributed by atoms with van der Waals surface area (Å²) in [5.74, 6) is -1.70. The molecule has 1 rings (SSSR count). The molecule has 112 valence electrons. The molecule has 0 aliphatic carbocycles. The Morgan fingerprint density at radius 3 is 2.43 bits per heavy atom. The second-order valence-corrected chi connectivity index (χ2v) is 4.15. The molecule has 21 heavy (non-hydrogen) atoms. The van der Waals surface area contributed by atoms with Crippen molar-refractivity contribution >= 4 is 24.1 Å². The molecule has 7 heteroatoms. The van der Waals surface area contributed by atoms with Crippen LogP contribution in [-0.4, -0.2) is 48.7 Å².